The minimum Gasteiger partial charge on any atom is -0.378 e. The topological polar surface area (TPSA) is 18.5 Å². The first kappa shape index (κ1) is 12.4. The second-order valence-electron chi connectivity index (χ2n) is 6.10. The van der Waals surface area contributed by atoms with Gasteiger partial charge in [0.1, 0.15) is 7.85 Å². The Balaban J connectivity index is 2.25. The molecule has 2 fully saturated rings. The van der Waals surface area contributed by atoms with Gasteiger partial charge in [-0.3, -0.25) is 0 Å². The van der Waals surface area contributed by atoms with Gasteiger partial charge in [-0.15, -0.1) is 0 Å². The largest absolute Gasteiger partial charge is 0.378 e. The van der Waals surface area contributed by atoms with E-state index < -0.39 is 0 Å². The summed E-state index contributed by atoms with van der Waals surface area (Å²) in [6.07, 6.45) is 2.20. The molecule has 0 spiro atoms. The van der Waals surface area contributed by atoms with Crippen LogP contribution >= 0.6 is 0 Å². The van der Waals surface area contributed by atoms with Crippen molar-refractivity contribution in [2.24, 2.45) is 17.8 Å². The van der Waals surface area contributed by atoms with E-state index in [0.717, 1.165) is 19.4 Å². The van der Waals surface area contributed by atoms with Crippen molar-refractivity contribution in [3.8, 4) is 0 Å². The summed E-state index contributed by atoms with van der Waals surface area (Å²) in [5, 5.41) is 0. The van der Waals surface area contributed by atoms with Crippen LogP contribution in [0.5, 0.6) is 0 Å². The number of ether oxygens (including phenoxy) is 2. The summed E-state index contributed by atoms with van der Waals surface area (Å²) in [6.45, 7) is 9.81. The minimum absolute atomic E-state index is 0.0231. The van der Waals surface area contributed by atoms with Crippen molar-refractivity contribution in [2.75, 3.05) is 6.61 Å². The molecule has 0 N–H and O–H groups in total. The first-order chi connectivity index (χ1) is 7.46. The van der Waals surface area contributed by atoms with Crippen LogP contribution in [-0.2, 0) is 9.47 Å². The molecule has 2 aliphatic rings. The van der Waals surface area contributed by atoms with Gasteiger partial charge in [-0.2, -0.15) is 0 Å². The fraction of sp³-hybridized carbons (Fsp3) is 1.00. The smallest absolute Gasteiger partial charge is 0.112 e. The van der Waals surface area contributed by atoms with E-state index in [4.69, 9.17) is 17.3 Å². The van der Waals surface area contributed by atoms with Gasteiger partial charge in [0.05, 0.1) is 11.7 Å². The van der Waals surface area contributed by atoms with E-state index in [1.54, 1.807) is 0 Å². The fourth-order valence-corrected chi connectivity index (χ4v) is 3.68. The Hall–Kier alpha value is -0.0151. The molecule has 2 heterocycles. The first-order valence-electron chi connectivity index (χ1n) is 6.51. The second-order valence-corrected chi connectivity index (χ2v) is 6.10. The molecule has 16 heavy (non-hydrogen) atoms. The molecule has 2 rings (SSSR count). The first-order valence-corrected chi connectivity index (χ1v) is 6.51. The summed E-state index contributed by atoms with van der Waals surface area (Å²) in [5.41, 5.74) is -0.0231. The molecule has 2 aliphatic heterocycles. The average Bonchev–Trinajstić information content (AvgIpc) is 2.29. The van der Waals surface area contributed by atoms with Crippen LogP contribution in [0, 0.1) is 17.8 Å². The Morgan fingerprint density at radius 1 is 1.31 bits per heavy atom. The highest BCUT2D eigenvalue weighted by Gasteiger charge is 2.56. The van der Waals surface area contributed by atoms with E-state index in [9.17, 15) is 0 Å². The quantitative estimate of drug-likeness (QED) is 0.682. The molecule has 2 saturated heterocycles. The predicted octanol–water partition coefficient (Wildman–Crippen LogP) is 2.36. The molecule has 3 heteroatoms. The third kappa shape index (κ3) is 1.93. The zero-order valence-electron chi connectivity index (χ0n) is 10.9. The Labute approximate surface area is 100 Å². The van der Waals surface area contributed by atoms with Crippen LogP contribution in [0.25, 0.3) is 0 Å². The lowest BCUT2D eigenvalue weighted by atomic mass is 9.69. The van der Waals surface area contributed by atoms with Gasteiger partial charge >= 0.3 is 0 Å². The predicted molar refractivity (Wildman–Crippen MR) is 65.5 cm³/mol. The van der Waals surface area contributed by atoms with E-state index in [1.807, 2.05) is 0 Å². The zero-order valence-corrected chi connectivity index (χ0v) is 10.9. The molecule has 0 saturated carbocycles. The van der Waals surface area contributed by atoms with E-state index >= 15 is 0 Å². The number of fused-ring (bicyclic) bond motifs is 2. The van der Waals surface area contributed by atoms with E-state index in [1.165, 1.54) is 0 Å². The standard InChI is InChI=1S/C13H23BO2/c1-8(2)7-13-5-6-15-11(12(14)16-13)10(13)9(3)4/h8-12H,5-7H2,1-4H3/t10?,11-,12+,13+/m0/s1. The molecule has 0 amide bonds. The highest BCUT2D eigenvalue weighted by molar-refractivity contribution is 6.11. The molecule has 0 aromatic rings. The van der Waals surface area contributed by atoms with Crippen LogP contribution in [0.3, 0.4) is 0 Å². The molecular formula is C13H23BO2. The maximum atomic E-state index is 6.11. The molecular weight excluding hydrogens is 199 g/mol. The average molecular weight is 222 g/mol. The summed E-state index contributed by atoms with van der Waals surface area (Å²) in [4.78, 5) is 0. The molecule has 0 aliphatic carbocycles. The molecule has 90 valence electrons. The van der Waals surface area contributed by atoms with Crippen molar-refractivity contribution >= 4 is 7.85 Å². The summed E-state index contributed by atoms with van der Waals surface area (Å²) < 4.78 is 11.9. The molecule has 1 unspecified atom stereocenters. The third-order valence-electron chi connectivity index (χ3n) is 3.96. The van der Waals surface area contributed by atoms with Gasteiger partial charge in [0.15, 0.2) is 0 Å². The maximum Gasteiger partial charge on any atom is 0.112 e. The summed E-state index contributed by atoms with van der Waals surface area (Å²) in [7, 11) is 6.06. The molecule has 2 bridgehead atoms. The third-order valence-corrected chi connectivity index (χ3v) is 3.96. The normalized spacial score (nSPS) is 43.2. The Kier molecular flexibility index (Phi) is 3.38. The summed E-state index contributed by atoms with van der Waals surface area (Å²) >= 11 is 0. The van der Waals surface area contributed by atoms with Crippen LogP contribution in [0.1, 0.15) is 40.5 Å². The molecule has 4 atom stereocenters. The Morgan fingerprint density at radius 2 is 2.00 bits per heavy atom. The maximum absolute atomic E-state index is 6.11. The van der Waals surface area contributed by atoms with E-state index in [-0.39, 0.29) is 17.7 Å². The van der Waals surface area contributed by atoms with E-state index in [2.05, 4.69) is 27.7 Å². The van der Waals surface area contributed by atoms with Crippen molar-refractivity contribution in [2.45, 2.75) is 58.2 Å². The van der Waals surface area contributed by atoms with Gasteiger partial charge in [0.25, 0.3) is 0 Å². The van der Waals surface area contributed by atoms with Crippen molar-refractivity contribution in [3.63, 3.8) is 0 Å². The number of hydrogen-bond donors (Lipinski definition) is 0. The van der Waals surface area contributed by atoms with Gasteiger partial charge in [0, 0.05) is 24.9 Å². The molecule has 0 aromatic heterocycles. The molecule has 2 nitrogen and oxygen atoms in total. The number of hydrogen-bond acceptors (Lipinski definition) is 2. The van der Waals surface area contributed by atoms with E-state index in [0.29, 0.717) is 17.8 Å². The lowest BCUT2D eigenvalue weighted by Gasteiger charge is -2.42. The fourth-order valence-electron chi connectivity index (χ4n) is 3.68. The Morgan fingerprint density at radius 3 is 2.56 bits per heavy atom. The van der Waals surface area contributed by atoms with Crippen LogP contribution in [0.4, 0.5) is 0 Å². The molecule has 0 aromatic carbocycles. The van der Waals surface area contributed by atoms with Gasteiger partial charge in [0.2, 0.25) is 0 Å². The summed E-state index contributed by atoms with van der Waals surface area (Å²) in [5.74, 6) is 1.67. The lowest BCUT2D eigenvalue weighted by molar-refractivity contribution is -0.0986. The lowest BCUT2D eigenvalue weighted by Crippen LogP contribution is -2.47. The molecule has 2 radical (unpaired) electrons. The van der Waals surface area contributed by atoms with Crippen molar-refractivity contribution < 1.29 is 9.47 Å². The van der Waals surface area contributed by atoms with Gasteiger partial charge < -0.3 is 9.47 Å². The van der Waals surface area contributed by atoms with Gasteiger partial charge in [-0.25, -0.2) is 0 Å². The SMILES string of the molecule is [B][C@@H]1O[C@@]2(CC(C)C)CCO[C@H]1C2C(C)C. The second kappa shape index (κ2) is 4.34. The van der Waals surface area contributed by atoms with Crippen molar-refractivity contribution in [1.82, 2.24) is 0 Å². The van der Waals surface area contributed by atoms with Crippen molar-refractivity contribution in [1.29, 1.82) is 0 Å². The number of rotatable bonds is 3. The van der Waals surface area contributed by atoms with Crippen LogP contribution in [-0.4, -0.2) is 32.2 Å². The highest BCUT2D eigenvalue weighted by Crippen LogP contribution is 2.49. The summed E-state index contributed by atoms with van der Waals surface area (Å²) in [6, 6.07) is -0.228. The van der Waals surface area contributed by atoms with Crippen LogP contribution < -0.4 is 0 Å². The monoisotopic (exact) mass is 222 g/mol. The van der Waals surface area contributed by atoms with Crippen LogP contribution in [0.15, 0.2) is 0 Å². The van der Waals surface area contributed by atoms with Gasteiger partial charge in [-0.1, -0.05) is 27.7 Å². The Bertz CT molecular complexity index is 250. The minimum atomic E-state index is -0.228. The van der Waals surface area contributed by atoms with Crippen molar-refractivity contribution in [3.05, 3.63) is 0 Å². The van der Waals surface area contributed by atoms with Crippen LogP contribution in [0.2, 0.25) is 0 Å². The van der Waals surface area contributed by atoms with Gasteiger partial charge in [-0.05, 0) is 18.3 Å². The highest BCUT2D eigenvalue weighted by atomic mass is 16.6. The zero-order chi connectivity index (χ0) is 11.9.